The number of thioether (sulfide) groups is 1. The Morgan fingerprint density at radius 2 is 2.23 bits per heavy atom. The first-order valence-electron chi connectivity index (χ1n) is 10.8. The van der Waals surface area contributed by atoms with Crippen LogP contribution in [-0.2, 0) is 29.1 Å². The summed E-state index contributed by atoms with van der Waals surface area (Å²) in [6, 6.07) is 0.137. The molecule has 4 aliphatic rings. The molecule has 2 saturated heterocycles. The monoisotopic (exact) mass is 468 g/mol. The molecule has 0 unspecified atom stereocenters. The molecule has 0 spiro atoms. The first-order chi connectivity index (χ1) is 14.3. The third-order valence-electron chi connectivity index (χ3n) is 7.00. The highest BCUT2D eigenvalue weighted by atomic mass is 35.5. The fraction of sp³-hybridized carbons (Fsp3) is 0.667. The van der Waals surface area contributed by atoms with Crippen molar-refractivity contribution in [2.24, 2.45) is 11.8 Å². The Balaban J connectivity index is 0.00000231. The molecule has 0 aliphatic carbocycles. The molecule has 2 fully saturated rings. The zero-order valence-corrected chi connectivity index (χ0v) is 19.3. The normalized spacial score (nSPS) is 32.5. The van der Waals surface area contributed by atoms with Gasteiger partial charge in [-0.3, -0.25) is 4.79 Å². The van der Waals surface area contributed by atoms with E-state index in [2.05, 4.69) is 27.1 Å². The number of fused-ring (bicyclic) bond motifs is 2. The summed E-state index contributed by atoms with van der Waals surface area (Å²) < 4.78 is 4.56. The molecular formula is C21H29ClN4O4S. The average Bonchev–Trinajstić information content (AvgIpc) is 3.40. The maximum Gasteiger partial charge on any atom is 0.353 e. The number of carboxylic acids is 1. The van der Waals surface area contributed by atoms with E-state index in [0.717, 1.165) is 37.4 Å². The van der Waals surface area contributed by atoms with Gasteiger partial charge in [0.2, 0.25) is 5.91 Å². The van der Waals surface area contributed by atoms with Gasteiger partial charge >= 0.3 is 5.97 Å². The Hall–Kier alpha value is -1.55. The lowest BCUT2D eigenvalue weighted by Crippen LogP contribution is -3.00. The van der Waals surface area contributed by atoms with Crippen molar-refractivity contribution in [2.75, 3.05) is 6.54 Å². The number of aromatic nitrogens is 2. The van der Waals surface area contributed by atoms with Gasteiger partial charge in [0.1, 0.15) is 5.70 Å². The number of hydrogen-bond donors (Lipinski definition) is 3. The summed E-state index contributed by atoms with van der Waals surface area (Å²) in [5, 5.41) is 23.7. The SMILES string of the molecule is C[C@@H](O)[C@H]1C(=O)N2C(C(=O)O)=C(S[C@@H]3CN[C@H](Cc4cn5[n+](c4)CCC5)C3)[C@H](C)[C@H]12.[Cl-]. The second-order valence-corrected chi connectivity index (χ2v) is 10.4. The number of carboxylic acid groups (broad SMARTS) is 1. The van der Waals surface area contributed by atoms with Crippen LogP contribution in [0.15, 0.2) is 23.0 Å². The molecule has 1 amide bonds. The van der Waals surface area contributed by atoms with Gasteiger partial charge in [0, 0.05) is 40.6 Å². The standard InChI is InChI=1S/C21H28N4O4S.ClH/c1-11-17-16(12(2)26)20(27)25(17)18(21(28)29)19(11)30-15-7-14(22-8-15)6-13-9-23-4-3-5-24(23)10-13;/h9-12,14-17,22,26H,3-8H2,1-2H3;1H/t11-,12-,14-,15+,16-,17-;/m1./s1. The highest BCUT2D eigenvalue weighted by Gasteiger charge is 2.60. The number of nitrogens with one attached hydrogen (secondary N) is 1. The first kappa shape index (κ1) is 22.6. The molecule has 8 nitrogen and oxygen atoms in total. The Bertz CT molecular complexity index is 911. The minimum absolute atomic E-state index is 0. The van der Waals surface area contributed by atoms with Crippen molar-refractivity contribution in [3.63, 3.8) is 0 Å². The van der Waals surface area contributed by atoms with Crippen molar-refractivity contribution in [3.8, 4) is 0 Å². The number of aliphatic carboxylic acids is 1. The predicted octanol–water partition coefficient (Wildman–Crippen LogP) is -2.66. The number of β-lactam (4-membered cyclic amide) rings is 1. The van der Waals surface area contributed by atoms with Crippen LogP contribution < -0.4 is 22.4 Å². The smallest absolute Gasteiger partial charge is 0.353 e. The molecule has 4 aliphatic heterocycles. The van der Waals surface area contributed by atoms with Crippen LogP contribution in [-0.4, -0.2) is 61.7 Å². The lowest BCUT2D eigenvalue weighted by molar-refractivity contribution is -0.757. The molecule has 0 saturated carbocycles. The van der Waals surface area contributed by atoms with Crippen molar-refractivity contribution in [2.45, 2.75) is 69.6 Å². The van der Waals surface area contributed by atoms with Crippen LogP contribution in [0.2, 0.25) is 0 Å². The van der Waals surface area contributed by atoms with Crippen LogP contribution in [0.5, 0.6) is 0 Å². The molecule has 170 valence electrons. The van der Waals surface area contributed by atoms with E-state index in [0.29, 0.717) is 6.04 Å². The highest BCUT2D eigenvalue weighted by Crippen LogP contribution is 2.51. The highest BCUT2D eigenvalue weighted by molar-refractivity contribution is 8.03. The van der Waals surface area contributed by atoms with Crippen molar-refractivity contribution < 1.29 is 36.9 Å². The molecule has 5 rings (SSSR count). The lowest BCUT2D eigenvalue weighted by atomic mass is 9.79. The molecule has 1 aromatic heterocycles. The minimum atomic E-state index is -1.05. The molecule has 3 N–H and O–H groups in total. The van der Waals surface area contributed by atoms with Crippen molar-refractivity contribution in [1.29, 1.82) is 0 Å². The van der Waals surface area contributed by atoms with Crippen LogP contribution in [0.4, 0.5) is 0 Å². The summed E-state index contributed by atoms with van der Waals surface area (Å²) in [4.78, 5) is 26.7. The second-order valence-electron chi connectivity index (χ2n) is 9.07. The van der Waals surface area contributed by atoms with Crippen molar-refractivity contribution in [1.82, 2.24) is 14.9 Å². The fourth-order valence-electron chi connectivity index (χ4n) is 5.62. The largest absolute Gasteiger partial charge is 1.00 e. The molecule has 5 heterocycles. The van der Waals surface area contributed by atoms with E-state index < -0.39 is 18.0 Å². The number of aliphatic hydroxyl groups is 1. The Morgan fingerprint density at radius 1 is 1.45 bits per heavy atom. The summed E-state index contributed by atoms with van der Waals surface area (Å²) in [6.45, 7) is 6.60. The number of aryl methyl sites for hydroxylation is 2. The Morgan fingerprint density at radius 3 is 2.90 bits per heavy atom. The predicted molar refractivity (Wildman–Crippen MR) is 110 cm³/mol. The van der Waals surface area contributed by atoms with Gasteiger partial charge in [-0.05, 0) is 19.8 Å². The van der Waals surface area contributed by atoms with E-state index in [1.54, 1.807) is 18.7 Å². The second kappa shape index (κ2) is 8.42. The number of hydrogen-bond acceptors (Lipinski definition) is 5. The average molecular weight is 469 g/mol. The van der Waals surface area contributed by atoms with Gasteiger partial charge in [-0.15, -0.1) is 16.4 Å². The molecule has 6 atom stereocenters. The molecule has 10 heteroatoms. The van der Waals surface area contributed by atoms with E-state index in [-0.39, 0.29) is 41.2 Å². The third kappa shape index (κ3) is 3.69. The molecule has 0 bridgehead atoms. The summed E-state index contributed by atoms with van der Waals surface area (Å²) in [5.74, 6) is -1.89. The minimum Gasteiger partial charge on any atom is -1.00 e. The molecule has 0 aromatic carbocycles. The van der Waals surface area contributed by atoms with Gasteiger partial charge < -0.3 is 32.8 Å². The number of nitrogens with zero attached hydrogens (tertiary/aromatic N) is 3. The summed E-state index contributed by atoms with van der Waals surface area (Å²) in [5.41, 5.74) is 1.47. The summed E-state index contributed by atoms with van der Waals surface area (Å²) >= 11 is 1.61. The number of rotatable bonds is 6. The Labute approximate surface area is 192 Å². The Kier molecular flexibility index (Phi) is 6.15. The number of amides is 1. The van der Waals surface area contributed by atoms with E-state index in [4.69, 9.17) is 0 Å². The number of halogens is 1. The molecule has 31 heavy (non-hydrogen) atoms. The van der Waals surface area contributed by atoms with Gasteiger partial charge in [-0.25, -0.2) is 4.79 Å². The topological polar surface area (TPSA) is 98.7 Å². The lowest BCUT2D eigenvalue weighted by Gasteiger charge is -2.46. The van der Waals surface area contributed by atoms with Gasteiger partial charge in [-0.2, -0.15) is 4.68 Å². The summed E-state index contributed by atoms with van der Waals surface area (Å²) in [6.07, 6.45) is 6.87. The number of carbonyl (C=O) groups excluding carboxylic acids is 1. The van der Waals surface area contributed by atoms with Crippen LogP contribution in [0, 0.1) is 11.8 Å². The van der Waals surface area contributed by atoms with Gasteiger partial charge in [0.15, 0.2) is 12.7 Å². The van der Waals surface area contributed by atoms with E-state index in [1.165, 1.54) is 16.9 Å². The maximum absolute atomic E-state index is 12.5. The van der Waals surface area contributed by atoms with Gasteiger partial charge in [-0.1, -0.05) is 6.92 Å². The van der Waals surface area contributed by atoms with Crippen LogP contribution in [0.1, 0.15) is 32.3 Å². The molecule has 0 radical (unpaired) electrons. The van der Waals surface area contributed by atoms with Crippen LogP contribution >= 0.6 is 11.8 Å². The van der Waals surface area contributed by atoms with E-state index in [9.17, 15) is 19.8 Å². The van der Waals surface area contributed by atoms with Crippen molar-refractivity contribution in [3.05, 3.63) is 28.6 Å². The van der Waals surface area contributed by atoms with Gasteiger partial charge in [0.05, 0.1) is 30.8 Å². The van der Waals surface area contributed by atoms with E-state index >= 15 is 0 Å². The number of aliphatic hydroxyl groups excluding tert-OH is 1. The zero-order valence-electron chi connectivity index (χ0n) is 17.7. The van der Waals surface area contributed by atoms with Crippen LogP contribution in [0.25, 0.3) is 0 Å². The van der Waals surface area contributed by atoms with Gasteiger partial charge in [0.25, 0.3) is 0 Å². The molecule has 1 aromatic rings. The fourth-order valence-corrected chi connectivity index (χ4v) is 7.14. The number of carbonyl (C=O) groups is 2. The summed E-state index contributed by atoms with van der Waals surface area (Å²) in [7, 11) is 0. The maximum atomic E-state index is 12.5. The van der Waals surface area contributed by atoms with Crippen molar-refractivity contribution >= 4 is 23.6 Å². The van der Waals surface area contributed by atoms with Crippen LogP contribution in [0.3, 0.4) is 0 Å². The van der Waals surface area contributed by atoms with E-state index in [1.807, 2.05) is 6.92 Å². The quantitative estimate of drug-likeness (QED) is 0.311. The third-order valence-corrected chi connectivity index (χ3v) is 8.51. The first-order valence-corrected chi connectivity index (χ1v) is 11.7. The zero-order chi connectivity index (χ0) is 21.2. The molecular weight excluding hydrogens is 440 g/mol.